The topological polar surface area (TPSA) is 26.0 Å². The molecule has 1 aromatic heterocycles. The first-order valence-electron chi connectivity index (χ1n) is 3.85. The maximum atomic E-state index is 13.3. The maximum Gasteiger partial charge on any atom is 0.272 e. The second-order valence-corrected chi connectivity index (χ2v) is 3.95. The molecule has 1 aromatic carbocycles. The fraction of sp³-hybridized carbons (Fsp3) is 0.111. The van der Waals surface area contributed by atoms with Gasteiger partial charge in [-0.3, -0.25) is 0 Å². The molecule has 5 heteroatoms. The van der Waals surface area contributed by atoms with Crippen LogP contribution in [-0.4, -0.2) is 0 Å². The molecule has 0 bridgehead atoms. The Bertz CT molecular complexity index is 478. The molecule has 2 rings (SSSR count). The van der Waals surface area contributed by atoms with Crippen molar-refractivity contribution in [2.24, 2.45) is 0 Å². The van der Waals surface area contributed by atoms with Crippen LogP contribution >= 0.6 is 11.3 Å². The van der Waals surface area contributed by atoms with Crippen molar-refractivity contribution in [3.8, 4) is 0 Å². The molecule has 14 heavy (non-hydrogen) atoms. The maximum absolute atomic E-state index is 13.3. The molecule has 0 aliphatic rings. The summed E-state index contributed by atoms with van der Waals surface area (Å²) in [5.74, 6) is -0.620. The molecule has 0 saturated carbocycles. The summed E-state index contributed by atoms with van der Waals surface area (Å²) in [4.78, 5) is -0.135. The highest BCUT2D eigenvalue weighted by Crippen LogP contribution is 2.35. The summed E-state index contributed by atoms with van der Waals surface area (Å²) >= 11 is 0.883. The first-order chi connectivity index (χ1) is 6.59. The van der Waals surface area contributed by atoms with Crippen LogP contribution in [0, 0.1) is 5.82 Å². The van der Waals surface area contributed by atoms with E-state index in [0.29, 0.717) is 4.70 Å². The summed E-state index contributed by atoms with van der Waals surface area (Å²) in [6.07, 6.45) is -2.56. The Morgan fingerprint density at radius 3 is 2.64 bits per heavy atom. The van der Waals surface area contributed by atoms with Gasteiger partial charge >= 0.3 is 0 Å². The van der Waals surface area contributed by atoms with Crippen molar-refractivity contribution in [2.45, 2.75) is 6.43 Å². The van der Waals surface area contributed by atoms with Crippen molar-refractivity contribution in [2.75, 3.05) is 5.73 Å². The van der Waals surface area contributed by atoms with Crippen molar-refractivity contribution in [3.63, 3.8) is 0 Å². The largest absolute Gasteiger partial charge is 0.396 e. The first-order valence-corrected chi connectivity index (χ1v) is 4.67. The fourth-order valence-corrected chi connectivity index (χ4v) is 2.14. The molecule has 0 aliphatic heterocycles. The van der Waals surface area contributed by atoms with Crippen LogP contribution in [0.2, 0.25) is 0 Å². The number of alkyl halides is 2. The van der Waals surface area contributed by atoms with Gasteiger partial charge in [-0.25, -0.2) is 13.2 Å². The Morgan fingerprint density at radius 2 is 2.00 bits per heavy atom. The van der Waals surface area contributed by atoms with E-state index in [2.05, 4.69) is 0 Å². The van der Waals surface area contributed by atoms with Crippen LogP contribution in [0.1, 0.15) is 11.3 Å². The smallest absolute Gasteiger partial charge is 0.272 e. The summed E-state index contributed by atoms with van der Waals surface area (Å²) in [6, 6.07) is 4.07. The van der Waals surface area contributed by atoms with Gasteiger partial charge in [-0.1, -0.05) is 0 Å². The number of halogens is 3. The van der Waals surface area contributed by atoms with E-state index in [0.717, 1.165) is 17.4 Å². The number of rotatable bonds is 1. The molecule has 0 amide bonds. The van der Waals surface area contributed by atoms with E-state index in [1.165, 1.54) is 6.07 Å². The fourth-order valence-electron chi connectivity index (χ4n) is 1.22. The van der Waals surface area contributed by atoms with Crippen LogP contribution in [-0.2, 0) is 0 Å². The average Bonchev–Trinajstić information content (AvgIpc) is 2.56. The van der Waals surface area contributed by atoms with E-state index in [4.69, 9.17) is 5.73 Å². The molecule has 74 valence electrons. The lowest BCUT2D eigenvalue weighted by Crippen LogP contribution is -1.88. The molecular weight excluding hydrogens is 211 g/mol. The number of nitrogens with two attached hydrogens (primary N) is 1. The molecule has 1 heterocycles. The van der Waals surface area contributed by atoms with Crippen LogP contribution in [0.5, 0.6) is 0 Å². The Labute approximate surface area is 82.0 Å². The van der Waals surface area contributed by atoms with Crippen LogP contribution < -0.4 is 5.73 Å². The molecule has 0 fully saturated rings. The summed E-state index contributed by atoms with van der Waals surface area (Å²) < 4.78 is 38.4. The summed E-state index contributed by atoms with van der Waals surface area (Å²) in [6.45, 7) is 0. The van der Waals surface area contributed by atoms with Gasteiger partial charge < -0.3 is 5.73 Å². The molecule has 0 unspecified atom stereocenters. The van der Waals surface area contributed by atoms with Crippen molar-refractivity contribution >= 4 is 27.1 Å². The zero-order valence-electron chi connectivity index (χ0n) is 6.93. The third-order valence-corrected chi connectivity index (χ3v) is 3.01. The Morgan fingerprint density at radius 1 is 1.29 bits per heavy atom. The number of nitrogen functional groups attached to an aromatic ring is 1. The first kappa shape index (κ1) is 9.33. The lowest BCUT2D eigenvalue weighted by Gasteiger charge is -1.95. The van der Waals surface area contributed by atoms with Gasteiger partial charge in [0.2, 0.25) is 0 Å². The van der Waals surface area contributed by atoms with E-state index < -0.39 is 12.2 Å². The Hall–Kier alpha value is -1.23. The van der Waals surface area contributed by atoms with Gasteiger partial charge in [0, 0.05) is 10.1 Å². The lowest BCUT2D eigenvalue weighted by molar-refractivity contribution is 0.156. The number of hydrogen-bond donors (Lipinski definition) is 1. The zero-order chi connectivity index (χ0) is 10.3. The van der Waals surface area contributed by atoms with Gasteiger partial charge in [0.25, 0.3) is 6.43 Å². The predicted molar refractivity (Wildman–Crippen MR) is 51.2 cm³/mol. The van der Waals surface area contributed by atoms with Gasteiger partial charge in [0.15, 0.2) is 5.82 Å². The second kappa shape index (κ2) is 3.16. The molecule has 1 nitrogen and oxygen atoms in total. The van der Waals surface area contributed by atoms with Crippen LogP contribution in [0.25, 0.3) is 10.1 Å². The molecule has 0 saturated heterocycles. The van der Waals surface area contributed by atoms with Crippen LogP contribution in [0.4, 0.5) is 18.9 Å². The van der Waals surface area contributed by atoms with Crippen molar-refractivity contribution in [1.82, 2.24) is 0 Å². The minimum Gasteiger partial charge on any atom is -0.396 e. The van der Waals surface area contributed by atoms with E-state index in [-0.39, 0.29) is 16.0 Å². The molecule has 2 aromatic rings. The van der Waals surface area contributed by atoms with Crippen molar-refractivity contribution in [1.29, 1.82) is 0 Å². The standard InChI is InChI=1S/C9H6F3NS/c10-8-4-3-7(9(11)12)14-6(4)2-1-5(8)13/h1-3,9H,13H2. The highest BCUT2D eigenvalue weighted by Gasteiger charge is 2.14. The average molecular weight is 217 g/mol. The summed E-state index contributed by atoms with van der Waals surface area (Å²) in [7, 11) is 0. The highest BCUT2D eigenvalue weighted by molar-refractivity contribution is 7.19. The molecule has 0 radical (unpaired) electrons. The van der Waals surface area contributed by atoms with Gasteiger partial charge in [-0.2, -0.15) is 0 Å². The molecule has 0 atom stereocenters. The Balaban J connectivity index is 2.71. The zero-order valence-corrected chi connectivity index (χ0v) is 7.75. The number of benzene rings is 1. The number of fused-ring (bicyclic) bond motifs is 1. The number of hydrogen-bond acceptors (Lipinski definition) is 2. The lowest BCUT2D eigenvalue weighted by atomic mass is 10.2. The van der Waals surface area contributed by atoms with E-state index in [1.807, 2.05) is 0 Å². The van der Waals surface area contributed by atoms with Crippen molar-refractivity contribution in [3.05, 3.63) is 28.9 Å². The third kappa shape index (κ3) is 1.33. The Kier molecular flexibility index (Phi) is 2.11. The van der Waals surface area contributed by atoms with Crippen molar-refractivity contribution < 1.29 is 13.2 Å². The second-order valence-electron chi connectivity index (χ2n) is 2.83. The van der Waals surface area contributed by atoms with Gasteiger partial charge in [-0.15, -0.1) is 11.3 Å². The molecule has 2 N–H and O–H groups in total. The minimum absolute atomic E-state index is 0.0175. The molecule has 0 aliphatic carbocycles. The normalized spacial score (nSPS) is 11.4. The highest BCUT2D eigenvalue weighted by atomic mass is 32.1. The molecular formula is C9H6F3NS. The van der Waals surface area contributed by atoms with E-state index >= 15 is 0 Å². The SMILES string of the molecule is Nc1ccc2sc(C(F)F)cc2c1F. The van der Waals surface area contributed by atoms with E-state index in [9.17, 15) is 13.2 Å². The van der Waals surface area contributed by atoms with E-state index in [1.54, 1.807) is 6.07 Å². The predicted octanol–water partition coefficient (Wildman–Crippen LogP) is 3.56. The summed E-state index contributed by atoms with van der Waals surface area (Å²) in [5.41, 5.74) is 5.30. The van der Waals surface area contributed by atoms with Crippen LogP contribution in [0.3, 0.4) is 0 Å². The minimum atomic E-state index is -2.56. The van der Waals surface area contributed by atoms with Gasteiger partial charge in [0.1, 0.15) is 0 Å². The van der Waals surface area contributed by atoms with Crippen LogP contribution in [0.15, 0.2) is 18.2 Å². The monoisotopic (exact) mass is 217 g/mol. The van der Waals surface area contributed by atoms with Gasteiger partial charge in [0.05, 0.1) is 10.6 Å². The summed E-state index contributed by atoms with van der Waals surface area (Å²) in [5, 5.41) is 0.172. The quantitative estimate of drug-likeness (QED) is 0.726. The number of thiophene rings is 1. The van der Waals surface area contributed by atoms with Gasteiger partial charge in [-0.05, 0) is 18.2 Å². The third-order valence-electron chi connectivity index (χ3n) is 1.90. The molecule has 0 spiro atoms. The number of anilines is 1.